The SMILES string of the molecule is COc1c(C(=O)c2ncc(Cc3ccc(F)cc3)s2)cn(C)c1O. The fourth-order valence-corrected chi connectivity index (χ4v) is 3.27. The van der Waals surface area contributed by atoms with Crippen molar-refractivity contribution in [2.45, 2.75) is 6.42 Å². The molecule has 0 aliphatic heterocycles. The Labute approximate surface area is 142 Å². The van der Waals surface area contributed by atoms with Crippen LogP contribution in [0.3, 0.4) is 0 Å². The van der Waals surface area contributed by atoms with Gasteiger partial charge in [-0.25, -0.2) is 9.37 Å². The molecule has 24 heavy (non-hydrogen) atoms. The number of carbonyl (C=O) groups is 1. The van der Waals surface area contributed by atoms with Crippen molar-refractivity contribution in [1.82, 2.24) is 9.55 Å². The summed E-state index contributed by atoms with van der Waals surface area (Å²) in [5.74, 6) is -0.560. The summed E-state index contributed by atoms with van der Waals surface area (Å²) in [6, 6.07) is 6.21. The first-order chi connectivity index (χ1) is 11.5. The number of thiazole rings is 1. The van der Waals surface area contributed by atoms with Crippen LogP contribution in [-0.2, 0) is 13.5 Å². The minimum Gasteiger partial charge on any atom is -0.492 e. The fraction of sp³-hybridized carbons (Fsp3) is 0.176. The second kappa shape index (κ2) is 6.45. The van der Waals surface area contributed by atoms with Gasteiger partial charge in [0.25, 0.3) is 0 Å². The van der Waals surface area contributed by atoms with Crippen molar-refractivity contribution in [2.75, 3.05) is 7.11 Å². The highest BCUT2D eigenvalue weighted by Gasteiger charge is 2.23. The molecule has 5 nitrogen and oxygen atoms in total. The monoisotopic (exact) mass is 346 g/mol. The van der Waals surface area contributed by atoms with Crippen molar-refractivity contribution in [1.29, 1.82) is 0 Å². The average molecular weight is 346 g/mol. The lowest BCUT2D eigenvalue weighted by Gasteiger charge is -2.00. The number of aromatic nitrogens is 2. The van der Waals surface area contributed by atoms with Gasteiger partial charge in [0.1, 0.15) is 5.82 Å². The van der Waals surface area contributed by atoms with Crippen LogP contribution >= 0.6 is 11.3 Å². The van der Waals surface area contributed by atoms with Crippen LogP contribution in [0.25, 0.3) is 0 Å². The van der Waals surface area contributed by atoms with Crippen LogP contribution in [0.15, 0.2) is 36.7 Å². The number of aromatic hydroxyl groups is 1. The summed E-state index contributed by atoms with van der Waals surface area (Å²) in [4.78, 5) is 17.7. The van der Waals surface area contributed by atoms with Gasteiger partial charge in [-0.15, -0.1) is 11.3 Å². The van der Waals surface area contributed by atoms with Gasteiger partial charge in [-0.3, -0.25) is 4.79 Å². The second-order valence-electron chi connectivity index (χ2n) is 5.27. The van der Waals surface area contributed by atoms with Crippen molar-refractivity contribution in [2.24, 2.45) is 7.05 Å². The highest BCUT2D eigenvalue weighted by Crippen LogP contribution is 2.33. The Bertz CT molecular complexity index is 884. The van der Waals surface area contributed by atoms with Crippen LogP contribution in [0.2, 0.25) is 0 Å². The molecule has 0 atom stereocenters. The van der Waals surface area contributed by atoms with Gasteiger partial charge in [0.15, 0.2) is 10.8 Å². The van der Waals surface area contributed by atoms with Gasteiger partial charge in [0.05, 0.1) is 12.7 Å². The maximum atomic E-state index is 12.9. The number of hydrogen-bond acceptors (Lipinski definition) is 5. The van der Waals surface area contributed by atoms with E-state index in [-0.39, 0.29) is 28.8 Å². The Morgan fingerprint density at radius 2 is 2.08 bits per heavy atom. The highest BCUT2D eigenvalue weighted by molar-refractivity contribution is 7.13. The molecule has 0 fully saturated rings. The number of hydrogen-bond donors (Lipinski definition) is 1. The number of halogens is 1. The van der Waals surface area contributed by atoms with Crippen LogP contribution in [0.5, 0.6) is 11.6 Å². The van der Waals surface area contributed by atoms with E-state index in [1.54, 1.807) is 25.4 Å². The van der Waals surface area contributed by atoms with Crippen molar-refractivity contribution >= 4 is 17.1 Å². The average Bonchev–Trinajstić information content (AvgIpc) is 3.14. The highest BCUT2D eigenvalue weighted by atomic mass is 32.1. The van der Waals surface area contributed by atoms with Gasteiger partial charge < -0.3 is 14.4 Å². The molecule has 1 N–H and O–H groups in total. The zero-order chi connectivity index (χ0) is 17.3. The van der Waals surface area contributed by atoms with E-state index < -0.39 is 0 Å². The van der Waals surface area contributed by atoms with E-state index in [1.807, 2.05) is 0 Å². The third-order valence-corrected chi connectivity index (χ3v) is 4.59. The van der Waals surface area contributed by atoms with E-state index in [0.29, 0.717) is 11.4 Å². The number of benzene rings is 1. The lowest BCUT2D eigenvalue weighted by atomic mass is 10.1. The van der Waals surface area contributed by atoms with E-state index in [9.17, 15) is 14.3 Å². The number of ketones is 1. The zero-order valence-electron chi connectivity index (χ0n) is 13.1. The first-order valence-electron chi connectivity index (χ1n) is 7.15. The van der Waals surface area contributed by atoms with Gasteiger partial charge in [-0.2, -0.15) is 0 Å². The number of nitrogens with zero attached hydrogens (tertiary/aromatic N) is 2. The number of rotatable bonds is 5. The van der Waals surface area contributed by atoms with Crippen molar-refractivity contribution in [3.63, 3.8) is 0 Å². The molecule has 0 saturated carbocycles. The molecule has 0 saturated heterocycles. The van der Waals surface area contributed by atoms with Gasteiger partial charge in [-0.05, 0) is 17.7 Å². The molecule has 124 valence electrons. The number of aryl methyl sites for hydroxylation is 1. The normalized spacial score (nSPS) is 10.8. The zero-order valence-corrected chi connectivity index (χ0v) is 13.9. The van der Waals surface area contributed by atoms with E-state index in [1.165, 1.54) is 41.3 Å². The standard InChI is InChI=1S/C17H15FN2O3S/c1-20-9-13(15(23-2)17(20)22)14(21)16-19-8-12(24-16)7-10-3-5-11(18)6-4-10/h3-6,8-9,22H,7H2,1-2H3. The number of carbonyl (C=O) groups excluding carboxylic acids is 1. The first kappa shape index (κ1) is 16.2. The van der Waals surface area contributed by atoms with E-state index >= 15 is 0 Å². The van der Waals surface area contributed by atoms with Gasteiger partial charge in [0.2, 0.25) is 11.7 Å². The molecule has 3 rings (SSSR count). The van der Waals surface area contributed by atoms with Gasteiger partial charge >= 0.3 is 0 Å². The number of ether oxygens (including phenoxy) is 1. The Kier molecular flexibility index (Phi) is 4.35. The maximum Gasteiger partial charge on any atom is 0.235 e. The van der Waals surface area contributed by atoms with Crippen LogP contribution in [0, 0.1) is 5.82 Å². The topological polar surface area (TPSA) is 64.3 Å². The third-order valence-electron chi connectivity index (χ3n) is 3.59. The van der Waals surface area contributed by atoms with Crippen LogP contribution in [-0.4, -0.2) is 27.6 Å². The molecule has 0 bridgehead atoms. The van der Waals surface area contributed by atoms with Crippen LogP contribution < -0.4 is 4.74 Å². The molecular formula is C17H15FN2O3S. The molecule has 7 heteroatoms. The van der Waals surface area contributed by atoms with E-state index in [2.05, 4.69) is 4.98 Å². The van der Waals surface area contributed by atoms with Crippen molar-refractivity contribution in [3.8, 4) is 11.6 Å². The third kappa shape index (κ3) is 3.03. The molecule has 0 aliphatic carbocycles. The predicted molar refractivity (Wildman–Crippen MR) is 88.4 cm³/mol. The maximum absolute atomic E-state index is 12.9. The summed E-state index contributed by atoms with van der Waals surface area (Å²) in [5, 5.41) is 10.2. The van der Waals surface area contributed by atoms with E-state index in [4.69, 9.17) is 4.74 Å². The summed E-state index contributed by atoms with van der Waals surface area (Å²) >= 11 is 1.27. The first-order valence-corrected chi connectivity index (χ1v) is 7.97. The van der Waals surface area contributed by atoms with Crippen molar-refractivity contribution < 1.29 is 19.0 Å². The van der Waals surface area contributed by atoms with Crippen molar-refractivity contribution in [3.05, 3.63) is 63.5 Å². The summed E-state index contributed by atoms with van der Waals surface area (Å²) in [5.41, 5.74) is 1.20. The van der Waals surface area contributed by atoms with Gasteiger partial charge in [-0.1, -0.05) is 12.1 Å². The minimum absolute atomic E-state index is 0.107. The molecule has 0 unspecified atom stereocenters. The lowest BCUT2D eigenvalue weighted by Crippen LogP contribution is -2.01. The molecule has 2 aromatic heterocycles. The molecule has 3 aromatic rings. The Balaban J connectivity index is 1.84. The summed E-state index contributed by atoms with van der Waals surface area (Å²) in [6.07, 6.45) is 3.72. The van der Waals surface area contributed by atoms with Crippen LogP contribution in [0.4, 0.5) is 4.39 Å². The predicted octanol–water partition coefficient (Wildman–Crippen LogP) is 3.16. The summed E-state index contributed by atoms with van der Waals surface area (Å²) < 4.78 is 19.5. The Hall–Kier alpha value is -2.67. The minimum atomic E-state index is -0.307. The Morgan fingerprint density at radius 3 is 2.75 bits per heavy atom. The van der Waals surface area contributed by atoms with Gasteiger partial charge in [0, 0.05) is 30.7 Å². The van der Waals surface area contributed by atoms with Crippen LogP contribution in [0.1, 0.15) is 25.8 Å². The smallest absolute Gasteiger partial charge is 0.235 e. The number of methoxy groups -OCH3 is 1. The Morgan fingerprint density at radius 1 is 1.38 bits per heavy atom. The lowest BCUT2D eigenvalue weighted by molar-refractivity contribution is 0.103. The second-order valence-corrected chi connectivity index (χ2v) is 6.39. The molecule has 0 aliphatic rings. The summed E-state index contributed by atoms with van der Waals surface area (Å²) in [7, 11) is 3.02. The molecule has 0 radical (unpaired) electrons. The molecular weight excluding hydrogens is 331 g/mol. The quantitative estimate of drug-likeness (QED) is 0.721. The fourth-order valence-electron chi connectivity index (χ4n) is 2.37. The molecule has 0 amide bonds. The molecule has 1 aromatic carbocycles. The summed E-state index contributed by atoms with van der Waals surface area (Å²) in [6.45, 7) is 0. The molecule has 2 heterocycles. The van der Waals surface area contributed by atoms with E-state index in [0.717, 1.165) is 10.4 Å². The largest absolute Gasteiger partial charge is 0.492 e. The molecule has 0 spiro atoms.